The van der Waals surface area contributed by atoms with Crippen molar-refractivity contribution in [1.82, 2.24) is 0 Å². The Kier molecular flexibility index (Phi) is 46.3. The second-order valence-corrected chi connectivity index (χ2v) is 42.1. The number of carbonyl (C=O) groups is 6. The molecular formula is C97H90F8O27S8. The van der Waals surface area contributed by atoms with E-state index in [4.69, 9.17) is 14.9 Å². The maximum Gasteiger partial charge on any atom is 0.428 e. The molecule has 0 amide bonds. The minimum absolute atomic E-state index is 0.0146. The largest absolute Gasteiger partial charge is 0.743 e. The second-order valence-electron chi connectivity index (χ2n) is 28.3. The molecule has 3 atom stereocenters. The van der Waals surface area contributed by atoms with Gasteiger partial charge in [0.2, 0.25) is 6.10 Å². The van der Waals surface area contributed by atoms with Crippen molar-refractivity contribution < 1.29 is 159 Å². The molecule has 2 saturated heterocycles. The zero-order chi connectivity index (χ0) is 103. The van der Waals surface area contributed by atoms with Gasteiger partial charge in [0.15, 0.2) is 99.2 Å². The Morgan fingerprint density at radius 2 is 0.600 bits per heavy atom. The van der Waals surface area contributed by atoms with Gasteiger partial charge in [0, 0.05) is 12.8 Å². The first-order chi connectivity index (χ1) is 66.4. The van der Waals surface area contributed by atoms with Gasteiger partial charge in [-0.15, -0.1) is 0 Å². The van der Waals surface area contributed by atoms with Gasteiger partial charge < -0.3 is 66.4 Å². The van der Waals surface area contributed by atoms with E-state index in [1.54, 1.807) is 0 Å². The fraction of sp³-hybridized carbons (Fsp3) is 0.196. The average Bonchev–Trinajstić information content (AvgIpc) is 1.25. The SMILES string of the molecule is CC(=O)CCCCOC(=O)C(F)(F)S(=O)(=O)[O-].O=C(OCC(O)CO)C(F)(F)S(=O)(=O)[O-].O=C(OCC1COCO1)C(F)(F)S(=O)(=O)[O-].O=C1OCCC1OC(=O)C(F)(F)S(=O)(=O)[O-].c1ccc([S+](c2ccccc2)c2ccccc2)cc1.c1ccc([S+](c2ccccc2)c2ccccc2)cc1.c1ccc([S+](c2ccccc2)c2ccccc2)cc1.c1ccc([S+](c2ccccc2)c2ccccc2)cc1. The normalized spacial score (nSPS) is 13.8. The van der Waals surface area contributed by atoms with Crippen molar-refractivity contribution in [2.75, 3.05) is 46.4 Å². The maximum atomic E-state index is 12.6. The summed E-state index contributed by atoms with van der Waals surface area (Å²) in [4.78, 5) is 79.8. The number of carbonyl (C=O) groups excluding carboxylic acids is 6. The Balaban J connectivity index is 0.000000218. The Morgan fingerprint density at radius 1 is 0.371 bits per heavy atom. The average molecular weight is 2100 g/mol. The first-order valence-electron chi connectivity index (χ1n) is 41.2. The van der Waals surface area contributed by atoms with Crippen molar-refractivity contribution >= 4 is 120 Å². The summed E-state index contributed by atoms with van der Waals surface area (Å²) < 4.78 is 249. The summed E-state index contributed by atoms with van der Waals surface area (Å²) >= 11 is 0. The molecular weight excluding hydrogens is 2010 g/mol. The summed E-state index contributed by atoms with van der Waals surface area (Å²) in [5.74, 6) is -11.2. The van der Waals surface area contributed by atoms with Crippen molar-refractivity contribution in [2.45, 2.75) is 131 Å². The number of esters is 5. The summed E-state index contributed by atoms with van der Waals surface area (Å²) in [6.45, 7) is -1.83. The van der Waals surface area contributed by atoms with Crippen molar-refractivity contribution in [3.63, 3.8) is 0 Å². The molecule has 2 aliphatic heterocycles. The number of aliphatic hydroxyl groups excluding tert-OH is 2. The summed E-state index contributed by atoms with van der Waals surface area (Å²) in [7, 11) is -24.5. The fourth-order valence-corrected chi connectivity index (χ4v) is 20.7. The van der Waals surface area contributed by atoms with E-state index in [0.717, 1.165) is 0 Å². The molecule has 3 unspecified atom stereocenters. The van der Waals surface area contributed by atoms with Gasteiger partial charge in [-0.05, 0) is 165 Å². The van der Waals surface area contributed by atoms with Crippen LogP contribution in [-0.2, 0) is 146 Å². The number of aliphatic hydroxyl groups is 2. The lowest BCUT2D eigenvalue weighted by atomic mass is 10.2. The van der Waals surface area contributed by atoms with E-state index >= 15 is 0 Å². The lowest BCUT2D eigenvalue weighted by Gasteiger charge is -2.19. The lowest BCUT2D eigenvalue weighted by molar-refractivity contribution is -0.172. The van der Waals surface area contributed by atoms with E-state index in [1.807, 2.05) is 0 Å². The van der Waals surface area contributed by atoms with Crippen LogP contribution in [0.15, 0.2) is 423 Å². The standard InChI is InChI=1S/4C18H15S.C8H12F2O6S.C6H8F2O7S.C6H6F2O7S.C5H8F2O7S/c4*1-4-10-16(11-5-1)19(17-12-6-2-7-13-17)18-14-8-3-9-15-18;1-6(11)4-2-3-5-16-7(12)8(9,10)17(13,14)15;7-6(8,16(10,11)12)5(9)14-2-4-1-13-3-15-4;7-6(8,16(11,12)13)5(10)15-3-1-2-14-4(3)9;6-5(7,15(11,12)13)4(10)14-2-3(9)1-8/h4*1-15H;2-5H2,1H3,(H,13,14,15);4H,1-3H2,(H,10,11,12);3H,1-2H2,(H,11,12,13);3,8-9H,1-2H2,(H,11,12,13)/q4*+1;;;;/p-4. The van der Waals surface area contributed by atoms with Gasteiger partial charge in [0.05, 0.1) is 70.0 Å². The Labute approximate surface area is 814 Å². The van der Waals surface area contributed by atoms with Crippen LogP contribution in [0.1, 0.15) is 32.6 Å². The van der Waals surface area contributed by atoms with Crippen LogP contribution in [0.2, 0.25) is 0 Å². The van der Waals surface area contributed by atoms with Crippen molar-refractivity contribution in [1.29, 1.82) is 0 Å². The number of hydrogen-bond donors (Lipinski definition) is 2. The van der Waals surface area contributed by atoms with Gasteiger partial charge in [-0.3, -0.25) is 0 Å². The van der Waals surface area contributed by atoms with Gasteiger partial charge in [0.25, 0.3) is 0 Å². The molecule has 0 saturated carbocycles. The number of ether oxygens (including phenoxy) is 7. The lowest BCUT2D eigenvalue weighted by Crippen LogP contribution is -2.41. The predicted molar refractivity (Wildman–Crippen MR) is 496 cm³/mol. The van der Waals surface area contributed by atoms with Crippen molar-refractivity contribution in [3.05, 3.63) is 364 Å². The van der Waals surface area contributed by atoms with Gasteiger partial charge in [-0.25, -0.2) is 57.6 Å². The molecule has 2 fully saturated rings. The monoisotopic (exact) mass is 2090 g/mol. The third-order valence-electron chi connectivity index (χ3n) is 18.0. The molecule has 27 nitrogen and oxygen atoms in total. The molecule has 12 aromatic rings. The quantitative estimate of drug-likeness (QED) is 0.0102. The summed E-state index contributed by atoms with van der Waals surface area (Å²) in [5, 5.41) is -3.81. The predicted octanol–water partition coefficient (Wildman–Crippen LogP) is 15.6. The molecule has 0 radical (unpaired) electrons. The molecule has 0 aliphatic carbocycles. The van der Waals surface area contributed by atoms with Crippen LogP contribution < -0.4 is 0 Å². The van der Waals surface area contributed by atoms with Crippen LogP contribution in [0, 0.1) is 0 Å². The molecule has 0 spiro atoms. The topological polar surface area (TPSA) is 436 Å². The molecule has 140 heavy (non-hydrogen) atoms. The third kappa shape index (κ3) is 36.3. The van der Waals surface area contributed by atoms with Crippen LogP contribution in [0.3, 0.4) is 0 Å². The van der Waals surface area contributed by atoms with Crippen LogP contribution in [0.25, 0.3) is 0 Å². The molecule has 12 aromatic carbocycles. The highest BCUT2D eigenvalue weighted by atomic mass is 32.2. The van der Waals surface area contributed by atoms with Crippen LogP contribution >= 0.6 is 0 Å². The minimum atomic E-state index is -6.17. The smallest absolute Gasteiger partial charge is 0.428 e. The molecule has 43 heteroatoms. The number of benzene rings is 12. The molecule has 2 N–H and O–H groups in total. The maximum absolute atomic E-state index is 12.6. The number of Topliss-reactive ketones (excluding diaryl/α,β-unsaturated/α-hetero) is 1. The van der Waals surface area contributed by atoms with E-state index in [9.17, 15) is 116 Å². The number of unbranched alkanes of at least 4 members (excludes halogenated alkanes) is 1. The minimum Gasteiger partial charge on any atom is -0.743 e. The number of halogens is 8. The first-order valence-corrected chi connectivity index (χ1v) is 51.7. The fourth-order valence-electron chi connectivity index (χ4n) is 11.3. The summed E-state index contributed by atoms with van der Waals surface area (Å²) in [5.41, 5.74) is 0. The van der Waals surface area contributed by atoms with E-state index in [-0.39, 0.29) is 88.6 Å². The van der Waals surface area contributed by atoms with Crippen LogP contribution in [0.5, 0.6) is 0 Å². The summed E-state index contributed by atoms with van der Waals surface area (Å²) in [6, 6.07) is 129. The Hall–Kier alpha value is -12.0. The number of hydrogen-bond acceptors (Lipinski definition) is 27. The van der Waals surface area contributed by atoms with E-state index < -0.39 is 136 Å². The van der Waals surface area contributed by atoms with Crippen molar-refractivity contribution in [3.8, 4) is 0 Å². The Bertz CT molecular complexity index is 5430. The Morgan fingerprint density at radius 3 is 0.800 bits per heavy atom. The van der Waals surface area contributed by atoms with E-state index in [0.29, 0.717) is 6.42 Å². The van der Waals surface area contributed by atoms with Crippen LogP contribution in [-0.4, -0.2) is 183 Å². The highest BCUT2D eigenvalue weighted by Crippen LogP contribution is 2.36. The molecule has 2 heterocycles. The first kappa shape index (κ1) is 115. The second kappa shape index (κ2) is 56.4. The summed E-state index contributed by atoms with van der Waals surface area (Å²) in [6.07, 6.45) is -3.49. The van der Waals surface area contributed by atoms with Crippen LogP contribution in [0.4, 0.5) is 35.1 Å². The zero-order valence-corrected chi connectivity index (χ0v) is 80.1. The van der Waals surface area contributed by atoms with Gasteiger partial charge in [0.1, 0.15) is 38.0 Å². The van der Waals surface area contributed by atoms with Gasteiger partial charge >= 0.3 is 50.9 Å². The molecule has 2 aliphatic rings. The molecule has 0 aromatic heterocycles. The number of rotatable bonds is 31. The highest BCUT2D eigenvalue weighted by Gasteiger charge is 2.53. The third-order valence-corrected chi connectivity index (χ3v) is 30.1. The van der Waals surface area contributed by atoms with E-state index in [1.165, 1.54) is 65.7 Å². The van der Waals surface area contributed by atoms with E-state index in [2.05, 4.69) is 392 Å². The number of ketones is 1. The number of alkyl halides is 8. The van der Waals surface area contributed by atoms with Gasteiger partial charge in [-0.2, -0.15) is 35.1 Å². The molecule has 0 bridgehead atoms. The van der Waals surface area contributed by atoms with Crippen molar-refractivity contribution in [2.24, 2.45) is 0 Å². The molecule has 14 rings (SSSR count). The van der Waals surface area contributed by atoms with Gasteiger partial charge in [-0.1, -0.05) is 218 Å². The number of cyclic esters (lactones) is 1. The molecule has 744 valence electrons. The zero-order valence-electron chi connectivity index (χ0n) is 73.5. The highest BCUT2D eigenvalue weighted by molar-refractivity contribution is 7.98.